The Balaban J connectivity index is 2.22. The Morgan fingerprint density at radius 1 is 1.33 bits per heavy atom. The van der Waals surface area contributed by atoms with E-state index >= 15 is 0 Å². The van der Waals surface area contributed by atoms with Crippen LogP contribution in [0.2, 0.25) is 0 Å². The summed E-state index contributed by atoms with van der Waals surface area (Å²) in [5.74, 6) is 1.38. The van der Waals surface area contributed by atoms with Gasteiger partial charge in [0.1, 0.15) is 0 Å². The quantitative estimate of drug-likeness (QED) is 0.746. The Hall–Kier alpha value is -0.610. The van der Waals surface area contributed by atoms with Crippen LogP contribution in [-0.4, -0.2) is 50.1 Å². The molecule has 1 fully saturated rings. The van der Waals surface area contributed by atoms with Gasteiger partial charge in [-0.15, -0.1) is 0 Å². The molecule has 0 saturated carbocycles. The van der Waals surface area contributed by atoms with Crippen molar-refractivity contribution in [3.05, 3.63) is 0 Å². The number of rotatable bonds is 6. The normalized spacial score (nSPS) is 19.2. The predicted molar refractivity (Wildman–Crippen MR) is 75.5 cm³/mol. The highest BCUT2D eigenvalue weighted by Crippen LogP contribution is 2.12. The first-order valence-corrected chi connectivity index (χ1v) is 7.17. The molecule has 4 nitrogen and oxygen atoms in total. The van der Waals surface area contributed by atoms with Crippen LogP contribution < -0.4 is 10.6 Å². The minimum absolute atomic E-state index is 0.146. The monoisotopic (exact) mass is 255 g/mol. The molecule has 0 aromatic carbocycles. The fraction of sp³-hybridized carbons (Fsp3) is 0.929. The topological polar surface area (TPSA) is 44.4 Å². The van der Waals surface area contributed by atoms with Crippen molar-refractivity contribution in [3.8, 4) is 0 Å². The number of carbonyl (C=O) groups is 1. The van der Waals surface area contributed by atoms with Crippen molar-refractivity contribution in [2.24, 2.45) is 11.8 Å². The van der Waals surface area contributed by atoms with E-state index in [2.05, 4.69) is 36.3 Å². The lowest BCUT2D eigenvalue weighted by molar-refractivity contribution is -0.123. The third-order valence-corrected chi connectivity index (χ3v) is 3.83. The summed E-state index contributed by atoms with van der Waals surface area (Å²) in [5.41, 5.74) is 0. The van der Waals surface area contributed by atoms with Crippen LogP contribution in [0.15, 0.2) is 0 Å². The van der Waals surface area contributed by atoms with Gasteiger partial charge < -0.3 is 10.6 Å². The number of nitrogens with one attached hydrogen (secondary N) is 2. The maximum atomic E-state index is 11.8. The Morgan fingerprint density at radius 2 is 1.94 bits per heavy atom. The summed E-state index contributed by atoms with van der Waals surface area (Å²) < 4.78 is 0. The standard InChI is InChI=1S/C14H29N3O/c1-11(2)12(3)16-14(18)10-17(4)9-13-5-7-15-8-6-13/h11-13,15H,5-10H2,1-4H3,(H,16,18). The number of hydrogen-bond acceptors (Lipinski definition) is 3. The van der Waals surface area contributed by atoms with Crippen molar-refractivity contribution >= 4 is 5.91 Å². The Morgan fingerprint density at radius 3 is 2.50 bits per heavy atom. The van der Waals surface area contributed by atoms with Gasteiger partial charge in [-0.3, -0.25) is 9.69 Å². The highest BCUT2D eigenvalue weighted by Gasteiger charge is 2.17. The molecule has 0 radical (unpaired) electrons. The van der Waals surface area contributed by atoms with Crippen molar-refractivity contribution < 1.29 is 4.79 Å². The van der Waals surface area contributed by atoms with Gasteiger partial charge in [-0.05, 0) is 51.7 Å². The van der Waals surface area contributed by atoms with Gasteiger partial charge in [0.25, 0.3) is 0 Å². The second-order valence-electron chi connectivity index (χ2n) is 5.99. The van der Waals surface area contributed by atoms with Crippen LogP contribution in [0, 0.1) is 11.8 Å². The van der Waals surface area contributed by atoms with Gasteiger partial charge in [0.15, 0.2) is 0 Å². The fourth-order valence-electron chi connectivity index (χ4n) is 2.28. The van der Waals surface area contributed by atoms with Crippen molar-refractivity contribution in [2.45, 2.75) is 39.7 Å². The van der Waals surface area contributed by atoms with Crippen molar-refractivity contribution in [2.75, 3.05) is 33.2 Å². The summed E-state index contributed by atoms with van der Waals surface area (Å²) in [7, 11) is 2.04. The van der Waals surface area contributed by atoms with E-state index in [9.17, 15) is 4.79 Å². The third kappa shape index (κ3) is 5.83. The van der Waals surface area contributed by atoms with E-state index in [-0.39, 0.29) is 11.9 Å². The molecule has 1 heterocycles. The van der Waals surface area contributed by atoms with E-state index in [0.29, 0.717) is 12.5 Å². The number of carbonyl (C=O) groups excluding carboxylic acids is 1. The molecule has 1 atom stereocenters. The molecule has 0 spiro atoms. The first-order valence-electron chi connectivity index (χ1n) is 7.17. The number of hydrogen-bond donors (Lipinski definition) is 2. The number of nitrogens with zero attached hydrogens (tertiary/aromatic N) is 1. The van der Waals surface area contributed by atoms with Crippen LogP contribution >= 0.6 is 0 Å². The lowest BCUT2D eigenvalue weighted by Gasteiger charge is -2.27. The largest absolute Gasteiger partial charge is 0.352 e. The summed E-state index contributed by atoms with van der Waals surface area (Å²) >= 11 is 0. The molecule has 1 aliphatic heterocycles. The maximum Gasteiger partial charge on any atom is 0.234 e. The summed E-state index contributed by atoms with van der Waals surface area (Å²) in [4.78, 5) is 14.0. The third-order valence-electron chi connectivity index (χ3n) is 3.83. The molecular formula is C14H29N3O. The average Bonchev–Trinajstić information content (AvgIpc) is 2.29. The summed E-state index contributed by atoms with van der Waals surface area (Å²) in [6.45, 7) is 10.1. The van der Waals surface area contributed by atoms with Crippen LogP contribution in [0.3, 0.4) is 0 Å². The van der Waals surface area contributed by atoms with Gasteiger partial charge >= 0.3 is 0 Å². The molecule has 1 amide bonds. The van der Waals surface area contributed by atoms with Gasteiger partial charge in [0, 0.05) is 12.6 Å². The van der Waals surface area contributed by atoms with Gasteiger partial charge in [0.2, 0.25) is 5.91 Å². The zero-order chi connectivity index (χ0) is 13.5. The molecule has 0 aromatic rings. The molecule has 2 N–H and O–H groups in total. The maximum absolute atomic E-state index is 11.8. The molecule has 0 aromatic heterocycles. The number of piperidine rings is 1. The van der Waals surface area contributed by atoms with Crippen molar-refractivity contribution in [1.29, 1.82) is 0 Å². The van der Waals surface area contributed by atoms with E-state index in [1.807, 2.05) is 7.05 Å². The molecular weight excluding hydrogens is 226 g/mol. The second-order valence-corrected chi connectivity index (χ2v) is 5.99. The predicted octanol–water partition coefficient (Wildman–Crippen LogP) is 1.08. The van der Waals surface area contributed by atoms with E-state index in [0.717, 1.165) is 25.6 Å². The molecule has 0 bridgehead atoms. The zero-order valence-corrected chi connectivity index (χ0v) is 12.3. The highest BCUT2D eigenvalue weighted by atomic mass is 16.2. The first-order chi connectivity index (χ1) is 8.49. The van der Waals surface area contributed by atoms with E-state index in [1.54, 1.807) is 0 Å². The molecule has 106 valence electrons. The van der Waals surface area contributed by atoms with Gasteiger partial charge in [-0.25, -0.2) is 0 Å². The van der Waals surface area contributed by atoms with E-state index in [4.69, 9.17) is 0 Å². The van der Waals surface area contributed by atoms with Crippen molar-refractivity contribution in [1.82, 2.24) is 15.5 Å². The smallest absolute Gasteiger partial charge is 0.234 e. The lowest BCUT2D eigenvalue weighted by Crippen LogP contribution is -2.43. The van der Waals surface area contributed by atoms with Crippen LogP contribution in [0.4, 0.5) is 0 Å². The fourth-order valence-corrected chi connectivity index (χ4v) is 2.28. The van der Waals surface area contributed by atoms with E-state index < -0.39 is 0 Å². The number of likely N-dealkylation sites (N-methyl/N-ethyl adjacent to an activating group) is 1. The molecule has 4 heteroatoms. The minimum Gasteiger partial charge on any atom is -0.352 e. The average molecular weight is 255 g/mol. The second kappa shape index (κ2) is 7.74. The first kappa shape index (κ1) is 15.4. The SMILES string of the molecule is CC(C)C(C)NC(=O)CN(C)CC1CCNCC1. The minimum atomic E-state index is 0.146. The molecule has 1 rings (SSSR count). The molecule has 1 aliphatic rings. The molecule has 0 aliphatic carbocycles. The molecule has 1 saturated heterocycles. The molecule has 1 unspecified atom stereocenters. The lowest BCUT2D eigenvalue weighted by atomic mass is 9.98. The zero-order valence-electron chi connectivity index (χ0n) is 12.3. The van der Waals surface area contributed by atoms with Crippen LogP contribution in [0.25, 0.3) is 0 Å². The Bertz CT molecular complexity index is 249. The number of amides is 1. The Kier molecular flexibility index (Phi) is 6.65. The summed E-state index contributed by atoms with van der Waals surface area (Å²) in [5, 5.41) is 6.42. The summed E-state index contributed by atoms with van der Waals surface area (Å²) in [6.07, 6.45) is 2.46. The van der Waals surface area contributed by atoms with E-state index in [1.165, 1.54) is 12.8 Å². The van der Waals surface area contributed by atoms with Crippen LogP contribution in [0.5, 0.6) is 0 Å². The van der Waals surface area contributed by atoms with Crippen LogP contribution in [0.1, 0.15) is 33.6 Å². The van der Waals surface area contributed by atoms with Gasteiger partial charge in [0.05, 0.1) is 6.54 Å². The Labute approximate surface area is 111 Å². The van der Waals surface area contributed by atoms with Gasteiger partial charge in [-0.2, -0.15) is 0 Å². The summed E-state index contributed by atoms with van der Waals surface area (Å²) in [6, 6.07) is 0.254. The van der Waals surface area contributed by atoms with Crippen molar-refractivity contribution in [3.63, 3.8) is 0 Å². The van der Waals surface area contributed by atoms with Crippen LogP contribution in [-0.2, 0) is 4.79 Å². The van der Waals surface area contributed by atoms with Gasteiger partial charge in [-0.1, -0.05) is 13.8 Å². The highest BCUT2D eigenvalue weighted by molar-refractivity contribution is 5.78. The molecule has 18 heavy (non-hydrogen) atoms.